The lowest BCUT2D eigenvalue weighted by atomic mass is 9.78. The van der Waals surface area contributed by atoms with Crippen LogP contribution in [0.25, 0.3) is 10.8 Å². The first-order valence-corrected chi connectivity index (χ1v) is 17.5. The predicted octanol–water partition coefficient (Wildman–Crippen LogP) is 3.95. The number of benzene rings is 2. The van der Waals surface area contributed by atoms with Gasteiger partial charge in [0.25, 0.3) is 11.7 Å². The number of allylic oxidation sites excluding steroid dienone is 2. The van der Waals surface area contributed by atoms with Crippen molar-refractivity contribution in [2.24, 2.45) is 23.7 Å². The highest BCUT2D eigenvalue weighted by Gasteiger charge is 2.50. The van der Waals surface area contributed by atoms with Crippen LogP contribution in [0.2, 0.25) is 0 Å². The third-order valence-electron chi connectivity index (χ3n) is 10.2. The molecule has 9 unspecified atom stereocenters. The molecule has 2 aromatic rings. The molecule has 0 spiro atoms. The van der Waals surface area contributed by atoms with E-state index in [1.807, 2.05) is 0 Å². The monoisotopic (exact) mass is 755 g/mol. The number of aliphatic hydroxyl groups is 3. The maximum atomic E-state index is 14.2. The second-order valence-corrected chi connectivity index (χ2v) is 14.0. The third-order valence-corrected chi connectivity index (χ3v) is 10.2. The fourth-order valence-corrected chi connectivity index (χ4v) is 6.87. The van der Waals surface area contributed by atoms with E-state index in [4.69, 9.17) is 23.7 Å². The van der Waals surface area contributed by atoms with Crippen LogP contribution in [0.5, 0.6) is 23.0 Å². The molecule has 3 heterocycles. The first kappa shape index (κ1) is 41.8. The number of methoxy groups -OCH3 is 1. The maximum absolute atomic E-state index is 14.2. The van der Waals surface area contributed by atoms with Gasteiger partial charge >= 0.3 is 17.7 Å². The number of rotatable bonds is 4. The molecule has 15 heteroatoms. The number of carbonyl (C=O) groups is 4. The van der Waals surface area contributed by atoms with Gasteiger partial charge in [-0.3, -0.25) is 14.4 Å². The second-order valence-electron chi connectivity index (χ2n) is 14.0. The van der Waals surface area contributed by atoms with Gasteiger partial charge in [0.1, 0.15) is 30.0 Å². The molecule has 5 bridgehead atoms. The molecule has 3 aliphatic heterocycles. The fourth-order valence-electron chi connectivity index (χ4n) is 6.87. The highest BCUT2D eigenvalue weighted by atomic mass is 16.7. The van der Waals surface area contributed by atoms with Gasteiger partial charge in [-0.2, -0.15) is 0 Å². The SMILES string of the molecule is COC1/C=C/OC2(C)Oc3c(C)c(O)c4c(O)c(cc(OC(=O)CO)c4c3C2=O)NC(=O)/C(C)=C\C=C\C(C)C(O)C(C)C(O)C(C)C(OC(C)=O)C1C. The molecule has 0 fully saturated rings. The van der Waals surface area contributed by atoms with Crippen molar-refractivity contribution in [3.05, 3.63) is 53.3 Å². The topological polar surface area (TPSA) is 228 Å². The Bertz CT molecular complexity index is 1900. The van der Waals surface area contributed by atoms with Crippen LogP contribution in [0, 0.1) is 30.6 Å². The minimum absolute atomic E-state index is 0.0118. The van der Waals surface area contributed by atoms with Gasteiger partial charge in [-0.15, -0.1) is 0 Å². The number of nitrogens with one attached hydrogen (secondary N) is 1. The highest BCUT2D eigenvalue weighted by Crippen LogP contribution is 2.54. The molecular weight excluding hydrogens is 706 g/mol. The lowest BCUT2D eigenvalue weighted by molar-refractivity contribution is -0.160. The van der Waals surface area contributed by atoms with Crippen LogP contribution in [-0.4, -0.2) is 93.1 Å². The summed E-state index contributed by atoms with van der Waals surface area (Å²) in [5.41, 5.74) is -0.365. The number of ether oxygens (including phenoxy) is 5. The van der Waals surface area contributed by atoms with Gasteiger partial charge in [-0.25, -0.2) is 4.79 Å². The molecule has 1 amide bonds. The first-order chi connectivity index (χ1) is 25.3. The third kappa shape index (κ3) is 8.09. The van der Waals surface area contributed by atoms with Gasteiger partial charge in [-0.1, -0.05) is 45.9 Å². The van der Waals surface area contributed by atoms with E-state index >= 15 is 0 Å². The molecule has 15 nitrogen and oxygen atoms in total. The van der Waals surface area contributed by atoms with Gasteiger partial charge in [0.15, 0.2) is 5.75 Å². The lowest BCUT2D eigenvalue weighted by Gasteiger charge is -2.38. The van der Waals surface area contributed by atoms with Gasteiger partial charge in [-0.05, 0) is 19.9 Å². The molecule has 0 radical (unpaired) electrons. The zero-order chi connectivity index (χ0) is 40.4. The zero-order valence-corrected chi connectivity index (χ0v) is 31.7. The zero-order valence-electron chi connectivity index (χ0n) is 31.7. The lowest BCUT2D eigenvalue weighted by Crippen LogP contribution is -2.46. The number of carbonyl (C=O) groups excluding carboxylic acids is 4. The van der Waals surface area contributed by atoms with Crippen LogP contribution < -0.4 is 14.8 Å². The van der Waals surface area contributed by atoms with Crippen molar-refractivity contribution in [3.63, 3.8) is 0 Å². The van der Waals surface area contributed by atoms with E-state index in [-0.39, 0.29) is 38.9 Å². The minimum Gasteiger partial charge on any atom is -0.507 e. The number of hydrogen-bond acceptors (Lipinski definition) is 14. The van der Waals surface area contributed by atoms with Crippen LogP contribution in [0.3, 0.4) is 0 Å². The Kier molecular flexibility index (Phi) is 12.8. The molecule has 0 aromatic heterocycles. The van der Waals surface area contributed by atoms with Crippen LogP contribution in [0.4, 0.5) is 5.69 Å². The average molecular weight is 756 g/mol. The summed E-state index contributed by atoms with van der Waals surface area (Å²) in [6.07, 6.45) is 3.32. The van der Waals surface area contributed by atoms with Crippen LogP contribution >= 0.6 is 0 Å². The normalized spacial score (nSPS) is 31.5. The number of amides is 1. The van der Waals surface area contributed by atoms with Crippen molar-refractivity contribution in [1.82, 2.24) is 0 Å². The van der Waals surface area contributed by atoms with E-state index in [0.717, 1.165) is 12.3 Å². The Hall–Kier alpha value is -4.96. The number of Topliss-reactive ketones (excluding diaryl/α,β-unsaturated/α-hetero) is 1. The second kappa shape index (κ2) is 16.6. The Balaban J connectivity index is 1.94. The van der Waals surface area contributed by atoms with E-state index in [0.29, 0.717) is 0 Å². The fraction of sp³-hybridized carbons (Fsp3) is 0.487. The predicted molar refractivity (Wildman–Crippen MR) is 195 cm³/mol. The van der Waals surface area contributed by atoms with Crippen LogP contribution in [0.15, 0.2) is 42.2 Å². The average Bonchev–Trinajstić information content (AvgIpc) is 3.39. The number of esters is 2. The van der Waals surface area contributed by atoms with Crippen molar-refractivity contribution in [2.75, 3.05) is 19.0 Å². The van der Waals surface area contributed by atoms with Crippen LogP contribution in [-0.2, 0) is 28.6 Å². The molecule has 3 aliphatic rings. The summed E-state index contributed by atoms with van der Waals surface area (Å²) in [6.45, 7) is 11.2. The molecular formula is C39H49NO14. The van der Waals surface area contributed by atoms with Crippen molar-refractivity contribution >= 4 is 40.1 Å². The number of phenolic OH excluding ortho intramolecular Hbond substituents is 2. The Morgan fingerprint density at radius 2 is 1.63 bits per heavy atom. The van der Waals surface area contributed by atoms with Crippen LogP contribution in [0.1, 0.15) is 64.4 Å². The van der Waals surface area contributed by atoms with Crippen molar-refractivity contribution in [2.45, 2.75) is 85.6 Å². The van der Waals surface area contributed by atoms with Crippen molar-refractivity contribution < 1.29 is 68.4 Å². The van der Waals surface area contributed by atoms with Gasteiger partial charge < -0.3 is 54.5 Å². The van der Waals surface area contributed by atoms with E-state index in [2.05, 4.69) is 5.32 Å². The smallest absolute Gasteiger partial charge is 0.337 e. The van der Waals surface area contributed by atoms with E-state index < -0.39 is 101 Å². The highest BCUT2D eigenvalue weighted by molar-refractivity contribution is 6.21. The quantitative estimate of drug-likeness (QED) is 0.148. The number of fused-ring (bicyclic) bond motifs is 14. The maximum Gasteiger partial charge on any atom is 0.337 e. The van der Waals surface area contributed by atoms with Gasteiger partial charge in [0, 0.05) is 67.2 Å². The molecule has 54 heavy (non-hydrogen) atoms. The molecule has 2 aromatic carbocycles. The summed E-state index contributed by atoms with van der Waals surface area (Å²) in [5, 5.41) is 56.9. The number of ketones is 1. The molecule has 0 saturated carbocycles. The van der Waals surface area contributed by atoms with Crippen molar-refractivity contribution in [1.29, 1.82) is 0 Å². The number of aliphatic hydroxyl groups excluding tert-OH is 3. The molecule has 9 atom stereocenters. The molecule has 0 aliphatic carbocycles. The minimum atomic E-state index is -2.07. The number of phenols is 2. The first-order valence-electron chi connectivity index (χ1n) is 17.5. The van der Waals surface area contributed by atoms with E-state index in [9.17, 15) is 44.7 Å². The summed E-state index contributed by atoms with van der Waals surface area (Å²) in [4.78, 5) is 52.2. The number of anilines is 1. The molecule has 294 valence electrons. The number of aromatic hydroxyl groups is 2. The molecule has 0 saturated heterocycles. The number of hydrogen-bond donors (Lipinski definition) is 6. The summed E-state index contributed by atoms with van der Waals surface area (Å²) in [6, 6.07) is 1.07. The molecule has 5 rings (SSSR count). The van der Waals surface area contributed by atoms with Gasteiger partial charge in [0.05, 0.1) is 41.2 Å². The molecule has 6 N–H and O–H groups in total. The Labute approximate surface area is 312 Å². The summed E-state index contributed by atoms with van der Waals surface area (Å²) in [7, 11) is 1.41. The Morgan fingerprint density at radius 3 is 2.24 bits per heavy atom. The van der Waals surface area contributed by atoms with Gasteiger partial charge in [0.2, 0.25) is 0 Å². The summed E-state index contributed by atoms with van der Waals surface area (Å²) >= 11 is 0. The largest absolute Gasteiger partial charge is 0.507 e. The van der Waals surface area contributed by atoms with E-state index in [1.54, 1.807) is 39.8 Å². The Morgan fingerprint density at radius 1 is 0.963 bits per heavy atom. The standard InChI is InChI=1S/C39H49NO14/c1-17-11-10-12-18(2)38(49)40-24-15-26(53-27(43)16-41)28-29(34(24)47)33(46)22(6)36-30(28)37(48)39(8,54-36)51-14-13-25(50-9)19(3)35(52-23(7)42)21(5)32(45)20(4)31(17)44/h10-15,17,19-21,25,31-32,35,41,44-47H,16H2,1-9H3,(H,40,49)/b11-10+,14-13+,18-12-. The van der Waals surface area contributed by atoms with Crippen molar-refractivity contribution in [3.8, 4) is 23.0 Å². The summed E-state index contributed by atoms with van der Waals surface area (Å²) < 4.78 is 28.7. The van der Waals surface area contributed by atoms with E-state index in [1.165, 1.54) is 47.0 Å². The summed E-state index contributed by atoms with van der Waals surface area (Å²) in [5.74, 6) is -9.62.